The predicted octanol–water partition coefficient (Wildman–Crippen LogP) is 3.17. The first-order valence-corrected chi connectivity index (χ1v) is 5.88. The highest BCUT2D eigenvalue weighted by Crippen LogP contribution is 2.29. The zero-order valence-electron chi connectivity index (χ0n) is 11.1. The molecule has 0 aliphatic heterocycles. The van der Waals surface area contributed by atoms with Gasteiger partial charge in [0.15, 0.2) is 0 Å². The largest absolute Gasteiger partial charge is 0.496 e. The minimum atomic E-state index is -2.62. The molecule has 3 nitrogen and oxygen atoms in total. The highest BCUT2D eigenvalue weighted by Gasteiger charge is 2.13. The molecule has 0 spiro atoms. The molecular weight excluding hydrogens is 252 g/mol. The van der Waals surface area contributed by atoms with Gasteiger partial charge in [0.05, 0.1) is 12.7 Å². The first kappa shape index (κ1) is 15.1. The van der Waals surface area contributed by atoms with Gasteiger partial charge in [-0.3, -0.25) is 4.79 Å². The van der Waals surface area contributed by atoms with E-state index in [2.05, 4.69) is 5.32 Å². The fourth-order valence-corrected chi connectivity index (χ4v) is 1.53. The van der Waals surface area contributed by atoms with E-state index in [9.17, 15) is 13.6 Å². The number of carbonyl (C=O) groups is 1. The van der Waals surface area contributed by atoms with Crippen LogP contribution in [-0.2, 0) is 4.79 Å². The van der Waals surface area contributed by atoms with Gasteiger partial charge in [0.1, 0.15) is 5.75 Å². The molecule has 5 heteroatoms. The van der Waals surface area contributed by atoms with Gasteiger partial charge in [0, 0.05) is 12.1 Å². The molecule has 0 saturated carbocycles. The number of hydrogen-bond donors (Lipinski definition) is 1. The van der Waals surface area contributed by atoms with E-state index in [-0.39, 0.29) is 23.3 Å². The van der Waals surface area contributed by atoms with Gasteiger partial charge in [-0.1, -0.05) is 6.07 Å². The van der Waals surface area contributed by atoms with Crippen molar-refractivity contribution in [3.8, 4) is 5.75 Å². The van der Waals surface area contributed by atoms with Crippen molar-refractivity contribution >= 4 is 12.0 Å². The van der Waals surface area contributed by atoms with Crippen molar-refractivity contribution in [2.45, 2.75) is 26.3 Å². The number of methoxy groups -OCH3 is 1. The van der Waals surface area contributed by atoms with E-state index in [1.165, 1.54) is 31.4 Å². The number of rotatable bonds is 5. The Bertz CT molecular complexity index is 471. The van der Waals surface area contributed by atoms with Crippen molar-refractivity contribution in [2.75, 3.05) is 7.11 Å². The third-order valence-corrected chi connectivity index (χ3v) is 2.35. The summed E-state index contributed by atoms with van der Waals surface area (Å²) in [7, 11) is 1.34. The summed E-state index contributed by atoms with van der Waals surface area (Å²) in [4.78, 5) is 11.4. The lowest BCUT2D eigenvalue weighted by molar-refractivity contribution is -0.116. The lowest BCUT2D eigenvalue weighted by Crippen LogP contribution is -2.28. The quantitative estimate of drug-likeness (QED) is 0.834. The maximum Gasteiger partial charge on any atom is 0.267 e. The molecule has 0 saturated heterocycles. The molecule has 0 unspecified atom stereocenters. The van der Waals surface area contributed by atoms with Crippen LogP contribution in [0, 0.1) is 0 Å². The van der Waals surface area contributed by atoms with Crippen molar-refractivity contribution < 1.29 is 18.3 Å². The maximum absolute atomic E-state index is 12.8. The molecule has 0 aliphatic carbocycles. The van der Waals surface area contributed by atoms with Gasteiger partial charge in [-0.2, -0.15) is 0 Å². The normalized spacial score (nSPS) is 11.3. The fourth-order valence-electron chi connectivity index (χ4n) is 1.53. The van der Waals surface area contributed by atoms with Gasteiger partial charge in [0.2, 0.25) is 5.91 Å². The average molecular weight is 269 g/mol. The van der Waals surface area contributed by atoms with E-state index in [1.807, 2.05) is 13.8 Å². The van der Waals surface area contributed by atoms with Crippen molar-refractivity contribution in [1.29, 1.82) is 0 Å². The van der Waals surface area contributed by atoms with E-state index in [0.29, 0.717) is 5.56 Å². The van der Waals surface area contributed by atoms with Crippen LogP contribution < -0.4 is 10.1 Å². The van der Waals surface area contributed by atoms with Crippen LogP contribution >= 0.6 is 0 Å². The molecule has 0 atom stereocenters. The van der Waals surface area contributed by atoms with Gasteiger partial charge >= 0.3 is 0 Å². The van der Waals surface area contributed by atoms with Crippen LogP contribution in [0.15, 0.2) is 24.3 Å². The first-order chi connectivity index (χ1) is 8.93. The van der Waals surface area contributed by atoms with E-state index >= 15 is 0 Å². The summed E-state index contributed by atoms with van der Waals surface area (Å²) in [5.41, 5.74) is 0.337. The second-order valence-corrected chi connectivity index (χ2v) is 4.30. The Morgan fingerprint density at radius 1 is 1.37 bits per heavy atom. The van der Waals surface area contributed by atoms with Crippen molar-refractivity contribution in [3.05, 3.63) is 35.4 Å². The Labute approximate surface area is 111 Å². The monoisotopic (exact) mass is 269 g/mol. The summed E-state index contributed by atoms with van der Waals surface area (Å²) in [6, 6.07) is 4.42. The molecule has 1 N–H and O–H groups in total. The number of halogens is 2. The van der Waals surface area contributed by atoms with Gasteiger partial charge in [0.25, 0.3) is 6.43 Å². The highest BCUT2D eigenvalue weighted by atomic mass is 19.3. The van der Waals surface area contributed by atoms with Crippen LogP contribution in [0.2, 0.25) is 0 Å². The second-order valence-electron chi connectivity index (χ2n) is 4.30. The topological polar surface area (TPSA) is 38.3 Å². The van der Waals surface area contributed by atoms with Crippen molar-refractivity contribution in [2.24, 2.45) is 0 Å². The molecule has 0 fully saturated rings. The number of amides is 1. The van der Waals surface area contributed by atoms with E-state index in [1.54, 1.807) is 6.07 Å². The summed E-state index contributed by atoms with van der Waals surface area (Å²) in [6.45, 7) is 3.68. The Kier molecular flexibility index (Phi) is 5.48. The third-order valence-electron chi connectivity index (χ3n) is 2.35. The molecule has 1 aromatic rings. The Morgan fingerprint density at radius 3 is 2.58 bits per heavy atom. The predicted molar refractivity (Wildman–Crippen MR) is 70.3 cm³/mol. The van der Waals surface area contributed by atoms with Crippen molar-refractivity contribution in [3.63, 3.8) is 0 Å². The van der Waals surface area contributed by atoms with Crippen LogP contribution in [-0.4, -0.2) is 19.1 Å². The molecule has 0 bridgehead atoms. The molecule has 0 aliphatic rings. The highest BCUT2D eigenvalue weighted by molar-refractivity contribution is 5.91. The number of carbonyl (C=O) groups excluding carboxylic acids is 1. The van der Waals surface area contributed by atoms with Gasteiger partial charge in [-0.05, 0) is 37.6 Å². The van der Waals surface area contributed by atoms with Crippen LogP contribution in [0.1, 0.15) is 31.4 Å². The van der Waals surface area contributed by atoms with Gasteiger partial charge in [-0.15, -0.1) is 0 Å². The number of nitrogens with one attached hydrogen (secondary N) is 1. The maximum atomic E-state index is 12.8. The van der Waals surface area contributed by atoms with Gasteiger partial charge in [-0.25, -0.2) is 8.78 Å². The minimum absolute atomic E-state index is 0.0321. The molecule has 0 aromatic heterocycles. The molecule has 0 radical (unpaired) electrons. The lowest BCUT2D eigenvalue weighted by Gasteiger charge is -2.08. The van der Waals surface area contributed by atoms with Crippen molar-refractivity contribution in [1.82, 2.24) is 5.32 Å². The summed E-state index contributed by atoms with van der Waals surface area (Å²) in [5.74, 6) is -0.122. The number of benzene rings is 1. The molecule has 0 heterocycles. The molecule has 1 aromatic carbocycles. The summed E-state index contributed by atoms with van der Waals surface area (Å²) in [6.07, 6.45) is 0.188. The number of alkyl halides is 2. The first-order valence-electron chi connectivity index (χ1n) is 5.88. The second kappa shape index (κ2) is 6.87. The number of hydrogen-bond acceptors (Lipinski definition) is 2. The summed E-state index contributed by atoms with van der Waals surface area (Å²) >= 11 is 0. The minimum Gasteiger partial charge on any atom is -0.496 e. The van der Waals surface area contributed by atoms with Crippen LogP contribution in [0.5, 0.6) is 5.75 Å². The van der Waals surface area contributed by atoms with Crippen LogP contribution in [0.25, 0.3) is 6.08 Å². The standard InChI is InChI=1S/C14H17F2NO2/c1-9(2)17-13(18)7-5-10-4-6-12(19-3)11(8-10)14(15)16/h4-9,14H,1-3H3,(H,17,18)/b7-5+. The van der Waals surface area contributed by atoms with Crippen LogP contribution in [0.3, 0.4) is 0 Å². The fraction of sp³-hybridized carbons (Fsp3) is 0.357. The Hall–Kier alpha value is -1.91. The van der Waals surface area contributed by atoms with Gasteiger partial charge < -0.3 is 10.1 Å². The molecule has 1 amide bonds. The molecule has 104 valence electrons. The SMILES string of the molecule is COc1ccc(/C=C/C(=O)NC(C)C)cc1C(F)F. The zero-order valence-corrected chi connectivity index (χ0v) is 11.1. The Balaban J connectivity index is 2.88. The van der Waals surface area contributed by atoms with E-state index in [4.69, 9.17) is 4.74 Å². The average Bonchev–Trinajstić information content (AvgIpc) is 2.35. The summed E-state index contributed by atoms with van der Waals surface area (Å²) in [5, 5.41) is 2.67. The van der Waals surface area contributed by atoms with E-state index in [0.717, 1.165) is 0 Å². The van der Waals surface area contributed by atoms with Crippen LogP contribution in [0.4, 0.5) is 8.78 Å². The number of ether oxygens (including phenoxy) is 1. The van der Waals surface area contributed by atoms with E-state index < -0.39 is 6.43 Å². The molecular formula is C14H17F2NO2. The lowest BCUT2D eigenvalue weighted by atomic mass is 10.1. The smallest absolute Gasteiger partial charge is 0.267 e. The molecule has 1 rings (SSSR count). The third kappa shape index (κ3) is 4.69. The zero-order chi connectivity index (χ0) is 14.4. The molecule has 19 heavy (non-hydrogen) atoms. The Morgan fingerprint density at radius 2 is 2.05 bits per heavy atom. The summed E-state index contributed by atoms with van der Waals surface area (Å²) < 4.78 is 30.4.